The van der Waals surface area contributed by atoms with Crippen molar-refractivity contribution in [3.63, 3.8) is 0 Å². The van der Waals surface area contributed by atoms with Gasteiger partial charge in [-0.15, -0.1) is 0 Å². The van der Waals surface area contributed by atoms with Crippen LogP contribution in [0.2, 0.25) is 0 Å². The Hall–Kier alpha value is -1.00. The minimum atomic E-state index is 0.144. The number of ether oxygens (including phenoxy) is 2. The van der Waals surface area contributed by atoms with Crippen LogP contribution in [0, 0.1) is 14.9 Å². The second kappa shape index (κ2) is 5.76. The van der Waals surface area contributed by atoms with Crippen molar-refractivity contribution in [2.75, 3.05) is 12.3 Å². The molecule has 5 heteroatoms. The van der Waals surface area contributed by atoms with Gasteiger partial charge in [0.1, 0.15) is 6.61 Å². The molecule has 2 unspecified atom stereocenters. The van der Waals surface area contributed by atoms with E-state index in [1.54, 1.807) is 12.1 Å². The van der Waals surface area contributed by atoms with E-state index in [2.05, 4.69) is 35.6 Å². The van der Waals surface area contributed by atoms with Crippen molar-refractivity contribution in [3.05, 3.63) is 21.3 Å². The number of rotatable bonds is 3. The van der Waals surface area contributed by atoms with E-state index in [9.17, 15) is 0 Å². The summed E-state index contributed by atoms with van der Waals surface area (Å²) >= 11 is 2.13. The van der Waals surface area contributed by atoms with Gasteiger partial charge in [0, 0.05) is 0 Å². The van der Waals surface area contributed by atoms with Crippen molar-refractivity contribution < 1.29 is 9.47 Å². The number of nitrogens with zero attached hydrogens (tertiary/aromatic N) is 1. The molecule has 4 nitrogen and oxygen atoms in total. The normalized spacial score (nSPS) is 22.7. The van der Waals surface area contributed by atoms with Crippen LogP contribution < -0.4 is 10.5 Å². The first-order chi connectivity index (χ1) is 8.60. The highest BCUT2D eigenvalue weighted by molar-refractivity contribution is 14.1. The van der Waals surface area contributed by atoms with Crippen LogP contribution in [-0.4, -0.2) is 18.8 Å². The van der Waals surface area contributed by atoms with Crippen LogP contribution in [0.5, 0.6) is 5.75 Å². The molecule has 1 fully saturated rings. The molecule has 1 aromatic rings. The van der Waals surface area contributed by atoms with Gasteiger partial charge >= 0.3 is 0 Å². The fourth-order valence-electron chi connectivity index (χ4n) is 2.02. The lowest BCUT2D eigenvalue weighted by molar-refractivity contribution is 0.0264. The van der Waals surface area contributed by atoms with E-state index >= 15 is 0 Å². The van der Waals surface area contributed by atoms with E-state index in [-0.39, 0.29) is 6.10 Å². The molecular formula is C13H15IN2O2. The van der Waals surface area contributed by atoms with Gasteiger partial charge in [-0.25, -0.2) is 0 Å². The van der Waals surface area contributed by atoms with Crippen LogP contribution in [0.4, 0.5) is 5.69 Å². The van der Waals surface area contributed by atoms with Crippen LogP contribution in [0.3, 0.4) is 0 Å². The molecule has 96 valence electrons. The number of nitrogen functional groups attached to an aromatic ring is 1. The highest BCUT2D eigenvalue weighted by Crippen LogP contribution is 2.30. The van der Waals surface area contributed by atoms with Crippen LogP contribution in [-0.2, 0) is 4.74 Å². The summed E-state index contributed by atoms with van der Waals surface area (Å²) in [6, 6.07) is 5.48. The number of hydrogen-bond acceptors (Lipinski definition) is 4. The van der Waals surface area contributed by atoms with Gasteiger partial charge in [-0.2, -0.15) is 5.26 Å². The maximum Gasteiger partial charge on any atom is 0.155 e. The minimum absolute atomic E-state index is 0.144. The molecule has 0 aromatic heterocycles. The number of hydrogen-bond donors (Lipinski definition) is 1. The third-order valence-electron chi connectivity index (χ3n) is 2.93. The van der Waals surface area contributed by atoms with E-state index in [4.69, 9.17) is 20.5 Å². The molecule has 1 aliphatic heterocycles. The summed E-state index contributed by atoms with van der Waals surface area (Å²) in [5.41, 5.74) is 6.94. The van der Waals surface area contributed by atoms with Gasteiger partial charge in [0.15, 0.2) is 5.75 Å². The summed E-state index contributed by atoms with van der Waals surface area (Å²) in [6.07, 6.45) is 2.56. The minimum Gasteiger partial charge on any atom is -0.488 e. The fourth-order valence-corrected chi connectivity index (χ4v) is 2.82. The number of halogens is 1. The number of anilines is 1. The molecule has 1 heterocycles. The predicted octanol–water partition coefficient (Wildman–Crippen LogP) is 2.69. The van der Waals surface area contributed by atoms with Gasteiger partial charge < -0.3 is 15.2 Å². The second-order valence-electron chi connectivity index (χ2n) is 4.45. The summed E-state index contributed by atoms with van der Waals surface area (Å²) in [6.45, 7) is 2.58. The lowest BCUT2D eigenvalue weighted by Crippen LogP contribution is -2.18. The zero-order valence-corrected chi connectivity index (χ0v) is 12.3. The zero-order chi connectivity index (χ0) is 13.1. The van der Waals surface area contributed by atoms with E-state index in [1.807, 2.05) is 0 Å². The Balaban J connectivity index is 2.03. The molecule has 1 aliphatic rings. The summed E-state index contributed by atoms with van der Waals surface area (Å²) in [5.74, 6) is 0.651. The van der Waals surface area contributed by atoms with Crippen LogP contribution in [0.25, 0.3) is 0 Å². The quantitative estimate of drug-likeness (QED) is 0.666. The molecule has 0 saturated carbocycles. The lowest BCUT2D eigenvalue weighted by Gasteiger charge is -2.15. The summed E-state index contributed by atoms with van der Waals surface area (Å²) in [5, 5.41) is 8.84. The number of nitrogens with two attached hydrogens (primary N) is 1. The predicted molar refractivity (Wildman–Crippen MR) is 77.4 cm³/mol. The maximum absolute atomic E-state index is 8.84. The molecule has 2 N–H and O–H groups in total. The SMILES string of the molecule is CC1CCC(COc2c(N)cc(C#N)cc2I)O1. The van der Waals surface area contributed by atoms with Crippen LogP contribution >= 0.6 is 22.6 Å². The van der Waals surface area contributed by atoms with E-state index in [1.165, 1.54) is 0 Å². The third-order valence-corrected chi connectivity index (χ3v) is 3.74. The molecule has 2 atom stereocenters. The van der Waals surface area contributed by atoms with E-state index < -0.39 is 0 Å². The first-order valence-corrected chi connectivity index (χ1v) is 6.95. The molecule has 0 spiro atoms. The standard InChI is InChI=1S/C13H15IN2O2/c1-8-2-3-10(18-8)7-17-13-11(14)4-9(6-15)5-12(13)16/h4-5,8,10H,2-3,7,16H2,1H3. The van der Waals surface area contributed by atoms with Crippen molar-refractivity contribution in [1.29, 1.82) is 5.26 Å². The Morgan fingerprint density at radius 3 is 2.89 bits per heavy atom. The average molecular weight is 358 g/mol. The molecule has 1 saturated heterocycles. The molecule has 18 heavy (non-hydrogen) atoms. The van der Waals surface area contributed by atoms with Crippen molar-refractivity contribution >= 4 is 28.3 Å². The molecule has 0 aliphatic carbocycles. The molecule has 0 amide bonds. The molecule has 0 bridgehead atoms. The first-order valence-electron chi connectivity index (χ1n) is 5.87. The first kappa shape index (κ1) is 13.4. The Labute approximate surface area is 120 Å². The lowest BCUT2D eigenvalue weighted by atomic mass is 10.2. The maximum atomic E-state index is 8.84. The van der Waals surface area contributed by atoms with Gasteiger partial charge in [-0.3, -0.25) is 0 Å². The molecule has 1 aromatic carbocycles. The largest absolute Gasteiger partial charge is 0.488 e. The van der Waals surface area contributed by atoms with Crippen LogP contribution in [0.15, 0.2) is 12.1 Å². The Bertz CT molecular complexity index is 461. The van der Waals surface area contributed by atoms with Crippen molar-refractivity contribution in [1.82, 2.24) is 0 Å². The van der Waals surface area contributed by atoms with E-state index in [0.29, 0.717) is 29.7 Å². The fraction of sp³-hybridized carbons (Fsp3) is 0.462. The Morgan fingerprint density at radius 2 is 2.33 bits per heavy atom. The van der Waals surface area contributed by atoms with Gasteiger partial charge in [-0.1, -0.05) is 0 Å². The highest BCUT2D eigenvalue weighted by Gasteiger charge is 2.22. The number of nitriles is 1. The highest BCUT2D eigenvalue weighted by atomic mass is 127. The monoisotopic (exact) mass is 358 g/mol. The second-order valence-corrected chi connectivity index (χ2v) is 5.61. The van der Waals surface area contributed by atoms with Gasteiger partial charge in [-0.05, 0) is 54.5 Å². The van der Waals surface area contributed by atoms with Crippen molar-refractivity contribution in [2.45, 2.75) is 32.0 Å². The molecule has 0 radical (unpaired) electrons. The molecule has 2 rings (SSSR count). The van der Waals surface area contributed by atoms with Gasteiger partial charge in [0.05, 0.1) is 33.1 Å². The van der Waals surface area contributed by atoms with Crippen LogP contribution in [0.1, 0.15) is 25.3 Å². The van der Waals surface area contributed by atoms with Crippen molar-refractivity contribution in [2.24, 2.45) is 0 Å². The topological polar surface area (TPSA) is 68.3 Å². The number of benzene rings is 1. The zero-order valence-electron chi connectivity index (χ0n) is 10.1. The Kier molecular flexibility index (Phi) is 4.30. The Morgan fingerprint density at radius 1 is 1.56 bits per heavy atom. The third kappa shape index (κ3) is 3.06. The van der Waals surface area contributed by atoms with Gasteiger partial charge in [0.2, 0.25) is 0 Å². The van der Waals surface area contributed by atoms with Gasteiger partial charge in [0.25, 0.3) is 0 Å². The summed E-state index contributed by atoms with van der Waals surface area (Å²) < 4.78 is 12.3. The summed E-state index contributed by atoms with van der Waals surface area (Å²) in [7, 11) is 0. The average Bonchev–Trinajstić information content (AvgIpc) is 2.73. The molecular weight excluding hydrogens is 343 g/mol. The smallest absolute Gasteiger partial charge is 0.155 e. The summed E-state index contributed by atoms with van der Waals surface area (Å²) in [4.78, 5) is 0. The van der Waals surface area contributed by atoms with E-state index in [0.717, 1.165) is 16.4 Å². The van der Waals surface area contributed by atoms with Crippen molar-refractivity contribution in [3.8, 4) is 11.8 Å².